The van der Waals surface area contributed by atoms with E-state index in [0.29, 0.717) is 0 Å². The SMILES string of the molecule is Cc1ccc2ccc3c(c2c1)C(c1cccc2ccccc12)c1c(ccc2ccc(C)cc12)O3. The number of aryl methyl sites for hydroxylation is 2. The summed E-state index contributed by atoms with van der Waals surface area (Å²) in [6.07, 6.45) is 0. The summed E-state index contributed by atoms with van der Waals surface area (Å²) in [5.74, 6) is 1.98. The Morgan fingerprint density at radius 1 is 0.500 bits per heavy atom. The monoisotopic (exact) mass is 436 g/mol. The molecule has 1 heteroatoms. The lowest BCUT2D eigenvalue weighted by Gasteiger charge is -2.32. The Bertz CT molecular complexity index is 1660. The van der Waals surface area contributed by atoms with Gasteiger partial charge >= 0.3 is 0 Å². The van der Waals surface area contributed by atoms with Crippen LogP contribution < -0.4 is 4.74 Å². The molecule has 0 N–H and O–H groups in total. The second-order valence-electron chi connectivity index (χ2n) is 9.51. The number of rotatable bonds is 1. The van der Waals surface area contributed by atoms with Crippen LogP contribution in [0.4, 0.5) is 0 Å². The van der Waals surface area contributed by atoms with E-state index in [1.54, 1.807) is 0 Å². The van der Waals surface area contributed by atoms with Crippen LogP contribution in [0.15, 0.2) is 103 Å². The average molecular weight is 437 g/mol. The highest BCUT2D eigenvalue weighted by Gasteiger charge is 2.33. The molecule has 0 radical (unpaired) electrons. The van der Waals surface area contributed by atoms with E-state index >= 15 is 0 Å². The van der Waals surface area contributed by atoms with Gasteiger partial charge in [0.1, 0.15) is 11.5 Å². The Hall–Kier alpha value is -4.10. The Labute approximate surface area is 199 Å². The number of ether oxygens (including phenoxy) is 1. The van der Waals surface area contributed by atoms with Crippen molar-refractivity contribution < 1.29 is 4.74 Å². The van der Waals surface area contributed by atoms with Crippen LogP contribution in [0, 0.1) is 13.8 Å². The van der Waals surface area contributed by atoms with E-state index in [-0.39, 0.29) is 5.92 Å². The molecular weight excluding hydrogens is 412 g/mol. The van der Waals surface area contributed by atoms with E-state index in [1.807, 2.05) is 0 Å². The molecule has 0 spiro atoms. The molecule has 6 aromatic rings. The van der Waals surface area contributed by atoms with Gasteiger partial charge in [0.25, 0.3) is 0 Å². The first-order valence-electron chi connectivity index (χ1n) is 11.9. The van der Waals surface area contributed by atoms with Crippen molar-refractivity contribution in [2.45, 2.75) is 19.8 Å². The fourth-order valence-corrected chi connectivity index (χ4v) is 5.72. The van der Waals surface area contributed by atoms with E-state index in [2.05, 4.69) is 117 Å². The Balaban J connectivity index is 1.67. The van der Waals surface area contributed by atoms with Crippen molar-refractivity contribution in [2.24, 2.45) is 0 Å². The van der Waals surface area contributed by atoms with Gasteiger partial charge in [-0.3, -0.25) is 0 Å². The van der Waals surface area contributed by atoms with Crippen molar-refractivity contribution in [3.8, 4) is 11.5 Å². The van der Waals surface area contributed by atoms with Crippen molar-refractivity contribution in [2.75, 3.05) is 0 Å². The van der Waals surface area contributed by atoms with Gasteiger partial charge < -0.3 is 4.74 Å². The zero-order valence-electron chi connectivity index (χ0n) is 19.3. The quantitative estimate of drug-likeness (QED) is 0.249. The molecule has 162 valence electrons. The molecule has 0 aromatic heterocycles. The largest absolute Gasteiger partial charge is 0.457 e. The molecule has 0 unspecified atom stereocenters. The van der Waals surface area contributed by atoms with Gasteiger partial charge in [0.2, 0.25) is 0 Å². The molecule has 1 aliphatic rings. The fourth-order valence-electron chi connectivity index (χ4n) is 5.72. The second-order valence-corrected chi connectivity index (χ2v) is 9.51. The third kappa shape index (κ3) is 2.80. The van der Waals surface area contributed by atoms with Gasteiger partial charge in [0, 0.05) is 17.0 Å². The first-order chi connectivity index (χ1) is 16.7. The zero-order valence-corrected chi connectivity index (χ0v) is 19.3. The summed E-state index contributed by atoms with van der Waals surface area (Å²) in [6, 6.07) is 37.6. The number of fused-ring (bicyclic) bond motifs is 7. The molecule has 34 heavy (non-hydrogen) atoms. The van der Waals surface area contributed by atoms with Crippen LogP contribution >= 0.6 is 0 Å². The van der Waals surface area contributed by atoms with Gasteiger partial charge in [-0.2, -0.15) is 0 Å². The van der Waals surface area contributed by atoms with Crippen LogP contribution in [-0.2, 0) is 0 Å². The van der Waals surface area contributed by atoms with Gasteiger partial charge in [-0.15, -0.1) is 0 Å². The minimum atomic E-state index is 0.0702. The van der Waals surface area contributed by atoms with E-state index in [0.717, 1.165) is 11.5 Å². The van der Waals surface area contributed by atoms with Gasteiger partial charge in [0.05, 0.1) is 0 Å². The van der Waals surface area contributed by atoms with Crippen LogP contribution in [0.1, 0.15) is 33.7 Å². The Morgan fingerprint density at radius 2 is 1.03 bits per heavy atom. The van der Waals surface area contributed by atoms with E-state index in [1.165, 1.54) is 60.1 Å². The van der Waals surface area contributed by atoms with Crippen LogP contribution in [0.25, 0.3) is 32.3 Å². The van der Waals surface area contributed by atoms with E-state index < -0.39 is 0 Å². The van der Waals surface area contributed by atoms with Crippen LogP contribution in [0.3, 0.4) is 0 Å². The third-order valence-corrected chi connectivity index (χ3v) is 7.29. The van der Waals surface area contributed by atoms with Gasteiger partial charge in [-0.25, -0.2) is 0 Å². The highest BCUT2D eigenvalue weighted by atomic mass is 16.5. The molecular formula is C33H24O. The zero-order chi connectivity index (χ0) is 22.8. The number of benzene rings is 6. The molecule has 6 aromatic carbocycles. The lowest BCUT2D eigenvalue weighted by atomic mass is 9.77. The molecule has 0 fully saturated rings. The van der Waals surface area contributed by atoms with Gasteiger partial charge in [0.15, 0.2) is 0 Å². The molecule has 0 bridgehead atoms. The molecule has 0 saturated carbocycles. The predicted octanol–water partition coefficient (Wildman–Crippen LogP) is 9.05. The molecule has 1 aliphatic heterocycles. The summed E-state index contributed by atoms with van der Waals surface area (Å²) in [7, 11) is 0. The summed E-state index contributed by atoms with van der Waals surface area (Å²) in [4.78, 5) is 0. The first kappa shape index (κ1) is 19.4. The number of hydrogen-bond acceptors (Lipinski definition) is 1. The van der Waals surface area contributed by atoms with Crippen LogP contribution in [0.5, 0.6) is 11.5 Å². The first-order valence-corrected chi connectivity index (χ1v) is 11.9. The lowest BCUT2D eigenvalue weighted by molar-refractivity contribution is 0.456. The Morgan fingerprint density at radius 3 is 1.68 bits per heavy atom. The van der Waals surface area contributed by atoms with Crippen molar-refractivity contribution in [3.05, 3.63) is 131 Å². The molecule has 7 rings (SSSR count). The minimum Gasteiger partial charge on any atom is -0.457 e. The van der Waals surface area contributed by atoms with Crippen LogP contribution in [-0.4, -0.2) is 0 Å². The predicted molar refractivity (Wildman–Crippen MR) is 142 cm³/mol. The van der Waals surface area contributed by atoms with Crippen molar-refractivity contribution in [1.82, 2.24) is 0 Å². The summed E-state index contributed by atoms with van der Waals surface area (Å²) < 4.78 is 6.64. The summed E-state index contributed by atoms with van der Waals surface area (Å²) in [5, 5.41) is 7.60. The standard InChI is InChI=1S/C33H24O/c1-20-10-12-23-14-16-29-31(27(23)18-20)33(26-9-5-7-22-6-3-4-8-25(22)26)32-28-19-21(2)11-13-24(28)15-17-30(32)34-29/h3-19,33H,1-2H3. The molecule has 0 aliphatic carbocycles. The number of hydrogen-bond donors (Lipinski definition) is 0. The smallest absolute Gasteiger partial charge is 0.132 e. The Kier molecular flexibility index (Phi) is 4.10. The van der Waals surface area contributed by atoms with E-state index in [9.17, 15) is 0 Å². The van der Waals surface area contributed by atoms with Gasteiger partial charge in [-0.1, -0.05) is 102 Å². The molecule has 1 heterocycles. The maximum Gasteiger partial charge on any atom is 0.132 e. The topological polar surface area (TPSA) is 9.23 Å². The fraction of sp³-hybridized carbons (Fsp3) is 0.0909. The maximum absolute atomic E-state index is 6.64. The van der Waals surface area contributed by atoms with E-state index in [4.69, 9.17) is 4.74 Å². The molecule has 0 atom stereocenters. The molecule has 1 nitrogen and oxygen atoms in total. The van der Waals surface area contributed by atoms with Crippen molar-refractivity contribution >= 4 is 32.3 Å². The van der Waals surface area contributed by atoms with Crippen molar-refractivity contribution in [1.29, 1.82) is 0 Å². The third-order valence-electron chi connectivity index (χ3n) is 7.29. The minimum absolute atomic E-state index is 0.0702. The maximum atomic E-state index is 6.64. The summed E-state index contributed by atoms with van der Waals surface area (Å²) in [6.45, 7) is 4.34. The van der Waals surface area contributed by atoms with Crippen LogP contribution in [0.2, 0.25) is 0 Å². The lowest BCUT2D eigenvalue weighted by Crippen LogP contribution is -2.13. The molecule has 0 saturated heterocycles. The second kappa shape index (κ2) is 7.20. The summed E-state index contributed by atoms with van der Waals surface area (Å²) >= 11 is 0. The average Bonchev–Trinajstić information content (AvgIpc) is 2.86. The highest BCUT2D eigenvalue weighted by molar-refractivity contribution is 5.97. The highest BCUT2D eigenvalue weighted by Crippen LogP contribution is 2.53. The normalized spacial score (nSPS) is 13.1. The van der Waals surface area contributed by atoms with Crippen molar-refractivity contribution in [3.63, 3.8) is 0 Å². The summed E-state index contributed by atoms with van der Waals surface area (Å²) in [5.41, 5.74) is 6.37. The molecule has 0 amide bonds. The van der Waals surface area contributed by atoms with Gasteiger partial charge in [-0.05, 0) is 63.9 Å².